The number of hydrogen-bond acceptors (Lipinski definition) is 9. The van der Waals surface area contributed by atoms with Crippen LogP contribution in [0.5, 0.6) is 23.0 Å². The number of ether oxygens (including phenoxy) is 4. The van der Waals surface area contributed by atoms with Crippen LogP contribution in [-0.2, 0) is 0 Å². The minimum Gasteiger partial charge on any atom is -0.497 e. The number of aromatic amines is 1. The standard InChI is InChI=1S/C26H25N5O6/c1-34-15-7-9-17(21(12-15)36-3)23(18-10-8-16(35-2)13-22(18)37-4)29-25(32)19-14-27-24(30-26(19)33)20-6-5-11-28-31-20/h5-14,23H,1-4H3,(H,29,32)(H,27,30,33). The summed E-state index contributed by atoms with van der Waals surface area (Å²) in [5.74, 6) is 1.63. The molecule has 0 aliphatic heterocycles. The van der Waals surface area contributed by atoms with Crippen molar-refractivity contribution in [1.29, 1.82) is 0 Å². The molecular formula is C26H25N5O6. The van der Waals surface area contributed by atoms with Crippen molar-refractivity contribution in [2.45, 2.75) is 6.04 Å². The highest BCUT2D eigenvalue weighted by atomic mass is 16.5. The molecule has 0 aliphatic rings. The van der Waals surface area contributed by atoms with Crippen molar-refractivity contribution in [3.8, 4) is 34.5 Å². The molecule has 0 aliphatic carbocycles. The topological polar surface area (TPSA) is 138 Å². The van der Waals surface area contributed by atoms with Crippen molar-refractivity contribution in [2.75, 3.05) is 28.4 Å². The van der Waals surface area contributed by atoms with Gasteiger partial charge < -0.3 is 29.2 Å². The van der Waals surface area contributed by atoms with Gasteiger partial charge in [0.05, 0.1) is 34.5 Å². The van der Waals surface area contributed by atoms with Gasteiger partial charge in [0.15, 0.2) is 5.82 Å². The van der Waals surface area contributed by atoms with Gasteiger partial charge in [-0.2, -0.15) is 5.10 Å². The molecule has 0 unspecified atom stereocenters. The third kappa shape index (κ3) is 5.35. The number of nitrogens with zero attached hydrogens (tertiary/aromatic N) is 3. The first kappa shape index (κ1) is 25.2. The molecule has 4 aromatic rings. The van der Waals surface area contributed by atoms with Gasteiger partial charge in [0, 0.05) is 35.7 Å². The van der Waals surface area contributed by atoms with E-state index in [9.17, 15) is 9.59 Å². The van der Waals surface area contributed by atoms with Crippen molar-refractivity contribution < 1.29 is 23.7 Å². The molecule has 37 heavy (non-hydrogen) atoms. The van der Waals surface area contributed by atoms with Crippen LogP contribution in [0.15, 0.2) is 65.7 Å². The SMILES string of the molecule is COc1ccc(C(NC(=O)c2cnc(-c3cccnn3)[nH]c2=O)c2ccc(OC)cc2OC)c(OC)c1. The van der Waals surface area contributed by atoms with E-state index < -0.39 is 17.5 Å². The number of carbonyl (C=O) groups is 1. The maximum Gasteiger partial charge on any atom is 0.264 e. The predicted octanol–water partition coefficient (Wildman–Crippen LogP) is 2.78. The zero-order valence-electron chi connectivity index (χ0n) is 20.6. The summed E-state index contributed by atoms with van der Waals surface area (Å²) in [5, 5.41) is 10.6. The fourth-order valence-electron chi connectivity index (χ4n) is 3.76. The number of aromatic nitrogens is 4. The summed E-state index contributed by atoms with van der Waals surface area (Å²) in [5.41, 5.74) is 0.782. The average molecular weight is 504 g/mol. The summed E-state index contributed by atoms with van der Waals surface area (Å²) in [4.78, 5) is 33.0. The number of nitrogens with one attached hydrogen (secondary N) is 2. The fraction of sp³-hybridized carbons (Fsp3) is 0.192. The Kier molecular flexibility index (Phi) is 7.62. The van der Waals surface area contributed by atoms with Gasteiger partial charge >= 0.3 is 0 Å². The second-order valence-electron chi connectivity index (χ2n) is 7.71. The van der Waals surface area contributed by atoms with Crippen molar-refractivity contribution in [3.63, 3.8) is 0 Å². The molecule has 2 aromatic carbocycles. The van der Waals surface area contributed by atoms with E-state index in [0.29, 0.717) is 39.8 Å². The summed E-state index contributed by atoms with van der Waals surface area (Å²) >= 11 is 0. The Morgan fingerprint density at radius 3 is 2.00 bits per heavy atom. The third-order valence-electron chi connectivity index (χ3n) is 5.64. The van der Waals surface area contributed by atoms with Gasteiger partial charge in [-0.3, -0.25) is 9.59 Å². The number of methoxy groups -OCH3 is 4. The summed E-state index contributed by atoms with van der Waals surface area (Å²) in [7, 11) is 6.12. The lowest BCUT2D eigenvalue weighted by atomic mass is 9.96. The minimum absolute atomic E-state index is 0.183. The van der Waals surface area contributed by atoms with Crippen molar-refractivity contribution in [2.24, 2.45) is 0 Å². The first-order chi connectivity index (χ1) is 18.0. The molecule has 0 atom stereocenters. The third-order valence-corrected chi connectivity index (χ3v) is 5.64. The number of benzene rings is 2. The number of rotatable bonds is 9. The smallest absolute Gasteiger partial charge is 0.264 e. The molecule has 2 aromatic heterocycles. The summed E-state index contributed by atoms with van der Waals surface area (Å²) in [6.07, 6.45) is 2.70. The molecule has 2 heterocycles. The number of H-pyrrole nitrogens is 1. The van der Waals surface area contributed by atoms with E-state index in [1.165, 1.54) is 26.6 Å². The van der Waals surface area contributed by atoms with Crippen LogP contribution in [-0.4, -0.2) is 54.5 Å². The van der Waals surface area contributed by atoms with Crippen LogP contribution in [0.4, 0.5) is 0 Å². The minimum atomic E-state index is -0.770. The molecule has 11 heteroatoms. The first-order valence-electron chi connectivity index (χ1n) is 11.1. The second-order valence-corrected chi connectivity index (χ2v) is 7.71. The van der Waals surface area contributed by atoms with Crippen LogP contribution in [0.1, 0.15) is 27.5 Å². The van der Waals surface area contributed by atoms with Crippen molar-refractivity contribution in [3.05, 3.63) is 88.0 Å². The Labute approximate surface area is 212 Å². The maximum atomic E-state index is 13.4. The Hall–Kier alpha value is -4.93. The van der Waals surface area contributed by atoms with Gasteiger partial charge in [-0.05, 0) is 36.4 Å². The van der Waals surface area contributed by atoms with Crippen LogP contribution < -0.4 is 29.8 Å². The van der Waals surface area contributed by atoms with E-state index in [-0.39, 0.29) is 11.4 Å². The van der Waals surface area contributed by atoms with Gasteiger partial charge in [0.25, 0.3) is 11.5 Å². The summed E-state index contributed by atoms with van der Waals surface area (Å²) in [6.45, 7) is 0. The van der Waals surface area contributed by atoms with Crippen LogP contribution in [0.3, 0.4) is 0 Å². The van der Waals surface area contributed by atoms with Crippen molar-refractivity contribution >= 4 is 5.91 Å². The zero-order chi connectivity index (χ0) is 26.4. The van der Waals surface area contributed by atoms with E-state index in [0.717, 1.165) is 0 Å². The van der Waals surface area contributed by atoms with Gasteiger partial charge in [-0.1, -0.05) is 0 Å². The molecular weight excluding hydrogens is 478 g/mol. The summed E-state index contributed by atoms with van der Waals surface area (Å²) < 4.78 is 21.8. The molecule has 190 valence electrons. The average Bonchev–Trinajstić information content (AvgIpc) is 2.95. The van der Waals surface area contributed by atoms with Crippen LogP contribution in [0.2, 0.25) is 0 Å². The van der Waals surface area contributed by atoms with Crippen LogP contribution in [0.25, 0.3) is 11.5 Å². The molecule has 0 spiro atoms. The Bertz CT molecular complexity index is 1400. The molecule has 11 nitrogen and oxygen atoms in total. The molecule has 0 saturated carbocycles. The van der Waals surface area contributed by atoms with E-state index in [1.54, 1.807) is 62.8 Å². The fourth-order valence-corrected chi connectivity index (χ4v) is 3.76. The quantitative estimate of drug-likeness (QED) is 0.353. The van der Waals surface area contributed by atoms with E-state index >= 15 is 0 Å². The molecule has 0 fully saturated rings. The van der Waals surface area contributed by atoms with E-state index in [4.69, 9.17) is 18.9 Å². The number of hydrogen-bond donors (Lipinski definition) is 2. The number of carbonyl (C=O) groups excluding carboxylic acids is 1. The molecule has 0 saturated heterocycles. The molecule has 1 amide bonds. The highest BCUT2D eigenvalue weighted by Crippen LogP contribution is 2.38. The van der Waals surface area contributed by atoms with Crippen LogP contribution >= 0.6 is 0 Å². The number of amides is 1. The Morgan fingerprint density at radius 2 is 1.51 bits per heavy atom. The normalized spacial score (nSPS) is 10.6. The maximum absolute atomic E-state index is 13.4. The zero-order valence-corrected chi connectivity index (χ0v) is 20.6. The molecule has 0 radical (unpaired) electrons. The highest BCUT2D eigenvalue weighted by molar-refractivity contribution is 5.94. The summed E-state index contributed by atoms with van der Waals surface area (Å²) in [6, 6.07) is 13.0. The second kappa shape index (κ2) is 11.2. The molecule has 2 N–H and O–H groups in total. The van der Waals surface area contributed by atoms with Gasteiger partial charge in [0.1, 0.15) is 34.3 Å². The first-order valence-corrected chi connectivity index (χ1v) is 11.1. The Balaban J connectivity index is 1.77. The lowest BCUT2D eigenvalue weighted by molar-refractivity contribution is 0.0940. The lowest BCUT2D eigenvalue weighted by Gasteiger charge is -2.24. The monoisotopic (exact) mass is 503 g/mol. The van der Waals surface area contributed by atoms with Crippen molar-refractivity contribution in [1.82, 2.24) is 25.5 Å². The Morgan fingerprint density at radius 1 is 0.892 bits per heavy atom. The van der Waals surface area contributed by atoms with E-state index in [1.807, 2.05) is 0 Å². The van der Waals surface area contributed by atoms with Gasteiger partial charge in [-0.25, -0.2) is 4.98 Å². The largest absolute Gasteiger partial charge is 0.497 e. The van der Waals surface area contributed by atoms with Crippen LogP contribution in [0, 0.1) is 0 Å². The van der Waals surface area contributed by atoms with E-state index in [2.05, 4.69) is 25.5 Å². The highest BCUT2D eigenvalue weighted by Gasteiger charge is 2.26. The van der Waals surface area contributed by atoms with Gasteiger partial charge in [-0.15, -0.1) is 5.10 Å². The lowest BCUT2D eigenvalue weighted by Crippen LogP contribution is -2.34. The van der Waals surface area contributed by atoms with Gasteiger partial charge in [0.2, 0.25) is 0 Å². The molecule has 4 rings (SSSR count). The molecule has 0 bridgehead atoms. The predicted molar refractivity (Wildman–Crippen MR) is 134 cm³/mol.